The minimum atomic E-state index is -0.751. The molecule has 0 amide bonds. The molecule has 2 aromatic rings. The summed E-state index contributed by atoms with van der Waals surface area (Å²) in [5.74, 6) is 0.273. The van der Waals surface area contributed by atoms with Crippen molar-refractivity contribution >= 4 is 16.9 Å². The molecule has 4 nitrogen and oxygen atoms in total. The van der Waals surface area contributed by atoms with E-state index in [9.17, 15) is 4.79 Å². The van der Waals surface area contributed by atoms with Crippen LogP contribution in [-0.2, 0) is 4.79 Å². The first kappa shape index (κ1) is 12.5. The van der Waals surface area contributed by atoms with Gasteiger partial charge in [0, 0.05) is 23.5 Å². The summed E-state index contributed by atoms with van der Waals surface area (Å²) in [6.45, 7) is 2.05. The summed E-state index contributed by atoms with van der Waals surface area (Å²) in [6.07, 6.45) is 2.79. The molecule has 18 heavy (non-hydrogen) atoms. The number of rotatable bonds is 5. The van der Waals surface area contributed by atoms with Crippen LogP contribution in [0.15, 0.2) is 24.4 Å². The zero-order chi connectivity index (χ0) is 13.1. The van der Waals surface area contributed by atoms with Crippen LogP contribution in [0.1, 0.15) is 31.2 Å². The summed E-state index contributed by atoms with van der Waals surface area (Å²) in [7, 11) is 1.64. The van der Waals surface area contributed by atoms with Crippen LogP contribution in [0, 0.1) is 0 Å². The molecule has 1 aromatic heterocycles. The van der Waals surface area contributed by atoms with Crippen LogP contribution < -0.4 is 4.74 Å². The van der Waals surface area contributed by atoms with E-state index in [4.69, 9.17) is 9.84 Å². The van der Waals surface area contributed by atoms with Crippen LogP contribution in [0.25, 0.3) is 10.9 Å². The lowest BCUT2D eigenvalue weighted by Gasteiger charge is -2.09. The van der Waals surface area contributed by atoms with Crippen molar-refractivity contribution in [3.63, 3.8) is 0 Å². The Morgan fingerprint density at radius 3 is 2.94 bits per heavy atom. The van der Waals surface area contributed by atoms with Crippen molar-refractivity contribution in [2.75, 3.05) is 7.11 Å². The summed E-state index contributed by atoms with van der Waals surface area (Å²) in [5, 5.41) is 9.83. The topological polar surface area (TPSA) is 62.3 Å². The number of ether oxygens (including phenoxy) is 1. The first-order valence-electron chi connectivity index (χ1n) is 5.98. The summed E-state index contributed by atoms with van der Waals surface area (Å²) >= 11 is 0. The lowest BCUT2D eigenvalue weighted by Crippen LogP contribution is -1.99. The molecular formula is C14H17NO3. The van der Waals surface area contributed by atoms with Crippen molar-refractivity contribution < 1.29 is 14.6 Å². The molecule has 2 N–H and O–H groups in total. The Labute approximate surface area is 106 Å². The van der Waals surface area contributed by atoms with Gasteiger partial charge in [-0.3, -0.25) is 4.79 Å². The number of carboxylic acids is 1. The van der Waals surface area contributed by atoms with Gasteiger partial charge < -0.3 is 14.8 Å². The second-order valence-corrected chi connectivity index (χ2v) is 4.49. The van der Waals surface area contributed by atoms with Crippen LogP contribution in [0.5, 0.6) is 5.75 Å². The number of H-pyrrole nitrogens is 1. The Morgan fingerprint density at radius 1 is 1.50 bits per heavy atom. The molecule has 96 valence electrons. The van der Waals surface area contributed by atoms with E-state index in [0.717, 1.165) is 22.2 Å². The molecule has 2 rings (SSSR count). The number of hydrogen-bond acceptors (Lipinski definition) is 2. The van der Waals surface area contributed by atoms with Gasteiger partial charge >= 0.3 is 5.97 Å². The van der Waals surface area contributed by atoms with E-state index in [1.165, 1.54) is 0 Å². The monoisotopic (exact) mass is 247 g/mol. The number of carboxylic acid groups (broad SMARTS) is 1. The van der Waals surface area contributed by atoms with Crippen LogP contribution in [0.2, 0.25) is 0 Å². The fourth-order valence-electron chi connectivity index (χ4n) is 2.15. The quantitative estimate of drug-likeness (QED) is 0.853. The average molecular weight is 247 g/mol. The lowest BCUT2D eigenvalue weighted by atomic mass is 9.96. The predicted octanol–water partition coefficient (Wildman–Crippen LogP) is 3.14. The standard InChI is InChI=1S/C14H17NO3/c1-9(3-6-14(16)17)12-8-15-13-5-4-10(18-2)7-11(12)13/h4-5,7-9,15H,3,6H2,1-2H3,(H,16,17). The maximum atomic E-state index is 10.6. The van der Waals surface area contributed by atoms with Gasteiger partial charge in [-0.25, -0.2) is 0 Å². The molecular weight excluding hydrogens is 230 g/mol. The van der Waals surface area contributed by atoms with Crippen LogP contribution in [0.4, 0.5) is 0 Å². The minimum Gasteiger partial charge on any atom is -0.497 e. The number of fused-ring (bicyclic) bond motifs is 1. The molecule has 0 spiro atoms. The zero-order valence-corrected chi connectivity index (χ0v) is 10.6. The number of hydrogen-bond donors (Lipinski definition) is 2. The Kier molecular flexibility index (Phi) is 3.55. The SMILES string of the molecule is COc1ccc2[nH]cc(C(C)CCC(=O)O)c2c1. The normalized spacial score (nSPS) is 12.6. The second-order valence-electron chi connectivity index (χ2n) is 4.49. The third kappa shape index (κ3) is 2.47. The van der Waals surface area contributed by atoms with Crippen molar-refractivity contribution in [2.24, 2.45) is 0 Å². The second kappa shape index (κ2) is 5.12. The summed E-state index contributed by atoms with van der Waals surface area (Å²) in [5.41, 5.74) is 2.19. The molecule has 0 saturated heterocycles. The third-order valence-electron chi connectivity index (χ3n) is 3.24. The molecule has 1 aromatic carbocycles. The van der Waals surface area contributed by atoms with E-state index < -0.39 is 5.97 Å². The van der Waals surface area contributed by atoms with Gasteiger partial charge in [0.1, 0.15) is 5.75 Å². The van der Waals surface area contributed by atoms with Crippen molar-refractivity contribution in [3.05, 3.63) is 30.0 Å². The van der Waals surface area contributed by atoms with Crippen LogP contribution >= 0.6 is 0 Å². The van der Waals surface area contributed by atoms with Crippen molar-refractivity contribution in [2.45, 2.75) is 25.7 Å². The molecule has 0 saturated carbocycles. The largest absolute Gasteiger partial charge is 0.497 e. The Morgan fingerprint density at radius 2 is 2.28 bits per heavy atom. The van der Waals surface area contributed by atoms with E-state index in [1.807, 2.05) is 31.3 Å². The number of nitrogens with one attached hydrogen (secondary N) is 1. The summed E-state index contributed by atoms with van der Waals surface area (Å²) in [4.78, 5) is 13.8. The first-order chi connectivity index (χ1) is 8.61. The number of aromatic nitrogens is 1. The van der Waals surface area contributed by atoms with Gasteiger partial charge in [0.05, 0.1) is 7.11 Å². The van der Waals surface area contributed by atoms with Crippen LogP contribution in [0.3, 0.4) is 0 Å². The number of carbonyl (C=O) groups is 1. The van der Waals surface area contributed by atoms with Crippen LogP contribution in [-0.4, -0.2) is 23.2 Å². The van der Waals surface area contributed by atoms with Crippen molar-refractivity contribution in [3.8, 4) is 5.75 Å². The lowest BCUT2D eigenvalue weighted by molar-refractivity contribution is -0.137. The molecule has 1 heterocycles. The highest BCUT2D eigenvalue weighted by Gasteiger charge is 2.13. The molecule has 1 atom stereocenters. The summed E-state index contributed by atoms with van der Waals surface area (Å²) < 4.78 is 5.22. The highest BCUT2D eigenvalue weighted by molar-refractivity contribution is 5.85. The predicted molar refractivity (Wildman–Crippen MR) is 70.1 cm³/mol. The maximum absolute atomic E-state index is 10.6. The van der Waals surface area contributed by atoms with Gasteiger partial charge in [0.25, 0.3) is 0 Å². The molecule has 4 heteroatoms. The van der Waals surface area contributed by atoms with E-state index >= 15 is 0 Å². The van der Waals surface area contributed by atoms with Crippen molar-refractivity contribution in [1.29, 1.82) is 0 Å². The molecule has 0 radical (unpaired) electrons. The highest BCUT2D eigenvalue weighted by Crippen LogP contribution is 2.30. The third-order valence-corrected chi connectivity index (χ3v) is 3.24. The van der Waals surface area contributed by atoms with Gasteiger partial charge in [-0.15, -0.1) is 0 Å². The van der Waals surface area contributed by atoms with Gasteiger partial charge in [-0.1, -0.05) is 6.92 Å². The molecule has 0 aliphatic heterocycles. The molecule has 0 fully saturated rings. The van der Waals surface area contributed by atoms with E-state index in [0.29, 0.717) is 6.42 Å². The zero-order valence-electron chi connectivity index (χ0n) is 10.6. The molecule has 0 aliphatic carbocycles. The Balaban J connectivity index is 2.29. The fraction of sp³-hybridized carbons (Fsp3) is 0.357. The number of benzene rings is 1. The number of aromatic amines is 1. The smallest absolute Gasteiger partial charge is 0.303 e. The van der Waals surface area contributed by atoms with Gasteiger partial charge in [-0.2, -0.15) is 0 Å². The maximum Gasteiger partial charge on any atom is 0.303 e. The van der Waals surface area contributed by atoms with E-state index in [-0.39, 0.29) is 12.3 Å². The molecule has 0 bridgehead atoms. The Hall–Kier alpha value is -1.97. The molecule has 1 unspecified atom stereocenters. The molecule has 0 aliphatic rings. The number of aliphatic carboxylic acids is 1. The average Bonchev–Trinajstić information content (AvgIpc) is 2.78. The number of methoxy groups -OCH3 is 1. The summed E-state index contributed by atoms with van der Waals surface area (Å²) in [6, 6.07) is 5.87. The van der Waals surface area contributed by atoms with E-state index in [1.54, 1.807) is 7.11 Å². The van der Waals surface area contributed by atoms with Gasteiger partial charge in [0.15, 0.2) is 0 Å². The van der Waals surface area contributed by atoms with E-state index in [2.05, 4.69) is 4.98 Å². The Bertz CT molecular complexity index is 559. The first-order valence-corrected chi connectivity index (χ1v) is 5.98. The van der Waals surface area contributed by atoms with Gasteiger partial charge in [-0.05, 0) is 36.1 Å². The highest BCUT2D eigenvalue weighted by atomic mass is 16.5. The fourth-order valence-corrected chi connectivity index (χ4v) is 2.15. The minimum absolute atomic E-state index is 0.192. The van der Waals surface area contributed by atoms with Gasteiger partial charge in [0.2, 0.25) is 0 Å². The van der Waals surface area contributed by atoms with Crippen molar-refractivity contribution in [1.82, 2.24) is 4.98 Å².